The minimum atomic E-state index is -0.398. The van der Waals surface area contributed by atoms with Crippen molar-refractivity contribution in [1.82, 2.24) is 19.8 Å². The number of para-hydroxylation sites is 1. The minimum absolute atomic E-state index is 0.0530. The molecule has 1 aliphatic heterocycles. The number of nitrogens with zero attached hydrogens (tertiary/aromatic N) is 2. The number of hydrogen-bond donors (Lipinski definition) is 2. The fourth-order valence-electron chi connectivity index (χ4n) is 5.17. The molecule has 2 unspecified atom stereocenters. The zero-order valence-electron chi connectivity index (χ0n) is 18.3. The van der Waals surface area contributed by atoms with E-state index in [1.807, 2.05) is 18.2 Å². The van der Waals surface area contributed by atoms with Gasteiger partial charge in [-0.15, -0.1) is 0 Å². The number of aromatic amines is 1. The Hall–Kier alpha value is -2.93. The number of H-pyrrole nitrogens is 1. The van der Waals surface area contributed by atoms with Gasteiger partial charge in [-0.1, -0.05) is 36.4 Å². The molecule has 6 nitrogen and oxygen atoms in total. The second-order valence-corrected chi connectivity index (χ2v) is 9.23. The summed E-state index contributed by atoms with van der Waals surface area (Å²) in [5.41, 5.74) is 1.91. The summed E-state index contributed by atoms with van der Waals surface area (Å²) in [7, 11) is 0. The highest BCUT2D eigenvalue weighted by Gasteiger charge is 2.44. The van der Waals surface area contributed by atoms with Crippen LogP contribution in [0.2, 0.25) is 0 Å². The number of amides is 1. The highest BCUT2D eigenvalue weighted by Crippen LogP contribution is 2.47. The third kappa shape index (κ3) is 4.09. The van der Waals surface area contributed by atoms with E-state index >= 15 is 0 Å². The van der Waals surface area contributed by atoms with Crippen LogP contribution in [0, 0.1) is 11.7 Å². The normalized spacial score (nSPS) is 22.7. The van der Waals surface area contributed by atoms with Gasteiger partial charge in [-0.25, -0.2) is 9.18 Å². The van der Waals surface area contributed by atoms with Gasteiger partial charge in [0.15, 0.2) is 0 Å². The Kier molecular flexibility index (Phi) is 5.59. The quantitative estimate of drug-likeness (QED) is 0.622. The summed E-state index contributed by atoms with van der Waals surface area (Å²) in [5.74, 6) is 0.178. The number of aromatic nitrogens is 2. The van der Waals surface area contributed by atoms with E-state index in [9.17, 15) is 14.0 Å². The van der Waals surface area contributed by atoms with Crippen molar-refractivity contribution in [3.63, 3.8) is 0 Å². The number of nitrogens with one attached hydrogen (secondary N) is 2. The molecule has 2 N–H and O–H groups in total. The van der Waals surface area contributed by atoms with E-state index in [-0.39, 0.29) is 35.1 Å². The van der Waals surface area contributed by atoms with Crippen LogP contribution in [-0.2, 0) is 4.79 Å². The van der Waals surface area contributed by atoms with Crippen molar-refractivity contribution < 1.29 is 9.18 Å². The molecular formula is C25H29FN4O2. The van der Waals surface area contributed by atoms with Gasteiger partial charge in [0, 0.05) is 37.6 Å². The summed E-state index contributed by atoms with van der Waals surface area (Å²) in [6.07, 6.45) is 2.57. The zero-order chi connectivity index (χ0) is 22.2. The smallest absolute Gasteiger partial charge is 0.326 e. The van der Waals surface area contributed by atoms with Gasteiger partial charge in [0.05, 0.1) is 5.52 Å². The van der Waals surface area contributed by atoms with Crippen LogP contribution in [0.5, 0.6) is 0 Å². The summed E-state index contributed by atoms with van der Waals surface area (Å²) >= 11 is 0. The average molecular weight is 437 g/mol. The van der Waals surface area contributed by atoms with Crippen LogP contribution in [0.4, 0.5) is 4.39 Å². The Balaban J connectivity index is 1.13. The highest BCUT2D eigenvalue weighted by atomic mass is 19.1. The Morgan fingerprint density at radius 2 is 1.91 bits per heavy atom. The number of imidazole rings is 1. The maximum absolute atomic E-state index is 14.0. The number of halogens is 1. The van der Waals surface area contributed by atoms with E-state index in [0.29, 0.717) is 11.4 Å². The van der Waals surface area contributed by atoms with Gasteiger partial charge in [-0.3, -0.25) is 9.36 Å². The molecule has 3 atom stereocenters. The molecule has 1 amide bonds. The van der Waals surface area contributed by atoms with Crippen molar-refractivity contribution in [2.45, 2.75) is 44.2 Å². The van der Waals surface area contributed by atoms with Gasteiger partial charge in [0.2, 0.25) is 5.91 Å². The molecule has 1 aliphatic carbocycles. The topological polar surface area (TPSA) is 70.1 Å². The van der Waals surface area contributed by atoms with Crippen molar-refractivity contribution in [3.05, 3.63) is 70.4 Å². The molecule has 32 heavy (non-hydrogen) atoms. The van der Waals surface area contributed by atoms with Gasteiger partial charge in [0.25, 0.3) is 0 Å². The fraction of sp³-hybridized carbons (Fsp3) is 0.440. The number of piperidine rings is 1. The van der Waals surface area contributed by atoms with Crippen molar-refractivity contribution in [3.8, 4) is 0 Å². The van der Waals surface area contributed by atoms with Gasteiger partial charge < -0.3 is 15.2 Å². The van der Waals surface area contributed by atoms with E-state index in [1.165, 1.54) is 11.6 Å². The van der Waals surface area contributed by atoms with Crippen LogP contribution < -0.4 is 11.0 Å². The lowest BCUT2D eigenvalue weighted by Gasteiger charge is -2.34. The van der Waals surface area contributed by atoms with E-state index in [1.54, 1.807) is 16.7 Å². The Labute approximate surface area is 186 Å². The largest absolute Gasteiger partial charge is 0.352 e. The van der Waals surface area contributed by atoms with Gasteiger partial charge >= 0.3 is 5.69 Å². The first kappa shape index (κ1) is 20.9. The number of fused-ring (bicyclic) bond motifs is 1. The van der Waals surface area contributed by atoms with E-state index in [2.05, 4.69) is 34.3 Å². The minimum Gasteiger partial charge on any atom is -0.352 e. The summed E-state index contributed by atoms with van der Waals surface area (Å²) in [6.45, 7) is 4.53. The number of benzene rings is 2. The third-order valence-electron chi connectivity index (χ3n) is 6.90. The molecule has 2 aliphatic rings. The van der Waals surface area contributed by atoms with Crippen molar-refractivity contribution in [1.29, 1.82) is 0 Å². The summed E-state index contributed by atoms with van der Waals surface area (Å²) in [5, 5.41) is 3.18. The van der Waals surface area contributed by atoms with E-state index in [0.717, 1.165) is 38.9 Å². The molecule has 168 valence electrons. The predicted octanol–water partition coefficient (Wildman–Crippen LogP) is 3.41. The molecule has 2 heterocycles. The molecule has 7 heteroatoms. The molecule has 3 aromatic rings. The SMILES string of the molecule is C[C@@H](CN1CCC(n2c(=O)[nH]c3c(F)cccc32)CC1)NC(=O)C1CC1c1ccccc1. The summed E-state index contributed by atoms with van der Waals surface area (Å²) < 4.78 is 15.7. The maximum Gasteiger partial charge on any atom is 0.326 e. The number of carbonyl (C=O) groups excluding carboxylic acids is 1. The molecule has 1 aromatic heterocycles. The van der Waals surface area contributed by atoms with Gasteiger partial charge in [-0.05, 0) is 49.8 Å². The molecule has 2 aromatic carbocycles. The monoisotopic (exact) mass is 436 g/mol. The first-order chi connectivity index (χ1) is 15.5. The fourth-order valence-corrected chi connectivity index (χ4v) is 5.17. The molecular weight excluding hydrogens is 407 g/mol. The van der Waals surface area contributed by atoms with Crippen molar-refractivity contribution >= 4 is 16.9 Å². The Morgan fingerprint density at radius 1 is 1.16 bits per heavy atom. The predicted molar refractivity (Wildman–Crippen MR) is 122 cm³/mol. The first-order valence-electron chi connectivity index (χ1n) is 11.5. The van der Waals surface area contributed by atoms with Gasteiger partial charge in [0.1, 0.15) is 11.3 Å². The number of rotatable bonds is 6. The van der Waals surface area contributed by atoms with Crippen LogP contribution in [0.15, 0.2) is 53.3 Å². The maximum atomic E-state index is 14.0. The molecule has 0 bridgehead atoms. The molecule has 0 radical (unpaired) electrons. The van der Waals surface area contributed by atoms with Crippen LogP contribution in [0.1, 0.15) is 43.7 Å². The first-order valence-corrected chi connectivity index (χ1v) is 11.5. The van der Waals surface area contributed by atoms with Crippen LogP contribution in [-0.4, -0.2) is 46.0 Å². The lowest BCUT2D eigenvalue weighted by molar-refractivity contribution is -0.123. The zero-order valence-corrected chi connectivity index (χ0v) is 18.3. The second-order valence-electron chi connectivity index (χ2n) is 9.23. The van der Waals surface area contributed by atoms with Crippen LogP contribution in [0.3, 0.4) is 0 Å². The molecule has 5 rings (SSSR count). The lowest BCUT2D eigenvalue weighted by Crippen LogP contribution is -2.45. The lowest BCUT2D eigenvalue weighted by atomic mass is 10.0. The number of hydrogen-bond acceptors (Lipinski definition) is 3. The molecule has 1 saturated carbocycles. The third-order valence-corrected chi connectivity index (χ3v) is 6.90. The van der Waals surface area contributed by atoms with Crippen LogP contribution >= 0.6 is 0 Å². The average Bonchev–Trinajstić information content (AvgIpc) is 3.52. The molecule has 0 spiro atoms. The van der Waals surface area contributed by atoms with E-state index < -0.39 is 5.82 Å². The molecule has 2 fully saturated rings. The Bertz CT molecular complexity index is 1160. The Morgan fingerprint density at radius 3 is 2.66 bits per heavy atom. The van der Waals surface area contributed by atoms with E-state index in [4.69, 9.17) is 0 Å². The van der Waals surface area contributed by atoms with Crippen LogP contribution in [0.25, 0.3) is 11.0 Å². The van der Waals surface area contributed by atoms with Gasteiger partial charge in [-0.2, -0.15) is 0 Å². The highest BCUT2D eigenvalue weighted by molar-refractivity contribution is 5.83. The molecule has 1 saturated heterocycles. The summed E-state index contributed by atoms with van der Waals surface area (Å²) in [4.78, 5) is 30.1. The van der Waals surface area contributed by atoms with Crippen molar-refractivity contribution in [2.75, 3.05) is 19.6 Å². The number of carbonyl (C=O) groups is 1. The summed E-state index contributed by atoms with van der Waals surface area (Å²) in [6, 6.07) is 15.2. The van der Waals surface area contributed by atoms with Crippen molar-refractivity contribution in [2.24, 2.45) is 5.92 Å². The number of likely N-dealkylation sites (tertiary alicyclic amines) is 1. The second kappa shape index (κ2) is 8.54. The standard InChI is InChI=1S/C25H29FN4O2/c1-16(27-24(31)20-14-19(20)17-6-3-2-4-7-17)15-29-12-10-18(11-13-29)30-22-9-5-8-21(26)23(22)28-25(30)32/h2-9,16,18-20H,10-15H2,1H3,(H,27,31)(H,28,32)/t16-,19?,20?/m0/s1.